The number of nitrogens with two attached hydrogens (primary N) is 1. The Morgan fingerprint density at radius 3 is 2.27 bits per heavy atom. The summed E-state index contributed by atoms with van der Waals surface area (Å²) in [6.07, 6.45) is 4.50. The van der Waals surface area contributed by atoms with Gasteiger partial charge in [0.2, 0.25) is 35.4 Å². The van der Waals surface area contributed by atoms with Crippen LogP contribution in [-0.4, -0.2) is 109 Å². The van der Waals surface area contributed by atoms with Gasteiger partial charge in [-0.3, -0.25) is 33.6 Å². The molecular weight excluding hydrogens is 905 g/mol. The van der Waals surface area contributed by atoms with Crippen LogP contribution in [0, 0.1) is 16.7 Å². The number of piperidine rings is 1. The van der Waals surface area contributed by atoms with Gasteiger partial charge in [-0.25, -0.2) is 0 Å². The molecule has 1 fully saturated rings. The highest BCUT2D eigenvalue weighted by atomic mass is 16.5. The zero-order chi connectivity index (χ0) is 50.6. The lowest BCUT2D eigenvalue weighted by Gasteiger charge is -2.42. The minimum Gasteiger partial charge on any atom is -0.481 e. The number of rotatable bonds is 14. The lowest BCUT2D eigenvalue weighted by atomic mass is 9.74. The molecule has 2 bridgehead atoms. The first-order valence-corrected chi connectivity index (χ1v) is 23.7. The highest BCUT2D eigenvalue weighted by Crippen LogP contribution is 2.35. The molecular formula is C54H60N8O9. The molecule has 3 atom stereocenters. The molecule has 4 aromatic carbocycles. The van der Waals surface area contributed by atoms with Crippen molar-refractivity contribution in [2.45, 2.75) is 63.6 Å². The van der Waals surface area contributed by atoms with E-state index in [4.69, 9.17) is 15.6 Å². The van der Waals surface area contributed by atoms with Gasteiger partial charge in [0.25, 0.3) is 0 Å². The molecule has 0 aromatic heterocycles. The Labute approximate surface area is 412 Å². The van der Waals surface area contributed by atoms with E-state index in [2.05, 4.69) is 32.7 Å². The lowest BCUT2D eigenvalue weighted by molar-refractivity contribution is -0.141. The normalized spacial score (nSPS) is 20.0. The molecule has 4 aromatic rings. The molecule has 0 aliphatic carbocycles. The molecule has 2 aliphatic heterocycles. The number of carboxylic acid groups (broad SMARTS) is 1. The van der Waals surface area contributed by atoms with Gasteiger partial charge in [0.15, 0.2) is 0 Å². The van der Waals surface area contributed by atoms with Crippen molar-refractivity contribution in [3.05, 3.63) is 149 Å². The summed E-state index contributed by atoms with van der Waals surface area (Å²) in [5.41, 5.74) is 9.67. The number of aliphatic carboxylic acids is 1. The number of fused-ring (bicyclic) bond motifs is 3. The van der Waals surface area contributed by atoms with Gasteiger partial charge in [-0.15, -0.1) is 0 Å². The fourth-order valence-electron chi connectivity index (χ4n) is 8.67. The molecule has 0 spiro atoms. The maximum Gasteiger partial charge on any atom is 0.307 e. The van der Waals surface area contributed by atoms with Gasteiger partial charge < -0.3 is 47.1 Å². The largest absolute Gasteiger partial charge is 0.481 e. The number of nitrogens with zero attached hydrogens (tertiary/aromatic N) is 2. The Morgan fingerprint density at radius 2 is 1.56 bits per heavy atom. The van der Waals surface area contributed by atoms with Crippen molar-refractivity contribution >= 4 is 47.0 Å². The maximum atomic E-state index is 15.0. The molecule has 71 heavy (non-hydrogen) atoms. The van der Waals surface area contributed by atoms with Gasteiger partial charge in [-0.2, -0.15) is 5.26 Å². The third-order valence-electron chi connectivity index (χ3n) is 12.4. The van der Waals surface area contributed by atoms with Gasteiger partial charge in [-0.05, 0) is 64.6 Å². The van der Waals surface area contributed by atoms with Gasteiger partial charge >= 0.3 is 5.97 Å². The van der Waals surface area contributed by atoms with Gasteiger partial charge in [0.1, 0.15) is 12.1 Å². The summed E-state index contributed by atoms with van der Waals surface area (Å²) in [4.78, 5) is 95.9. The number of allylic oxidation sites excluding steroid dienone is 1. The van der Waals surface area contributed by atoms with Crippen LogP contribution in [0.1, 0.15) is 53.5 Å². The van der Waals surface area contributed by atoms with Crippen molar-refractivity contribution < 1.29 is 43.4 Å². The molecule has 0 radical (unpaired) electrons. The van der Waals surface area contributed by atoms with Crippen molar-refractivity contribution in [2.75, 3.05) is 45.9 Å². The van der Waals surface area contributed by atoms with Crippen LogP contribution in [0.4, 0.5) is 0 Å². The molecule has 1 saturated heterocycles. The zero-order valence-corrected chi connectivity index (χ0v) is 39.5. The van der Waals surface area contributed by atoms with Crippen LogP contribution < -0.4 is 32.3 Å². The Hall–Kier alpha value is -7.94. The molecule has 0 saturated carbocycles. The summed E-state index contributed by atoms with van der Waals surface area (Å²) in [5.74, 6) is -3.95. The maximum absolute atomic E-state index is 15.0. The van der Waals surface area contributed by atoms with E-state index in [0.717, 1.165) is 34.4 Å². The fraction of sp³-hybridized carbons (Fsp3) is 0.333. The van der Waals surface area contributed by atoms with Crippen molar-refractivity contribution in [1.29, 1.82) is 5.26 Å². The molecule has 6 amide bonds. The average Bonchev–Trinajstić information content (AvgIpc) is 3.37. The topological polar surface area (TPSA) is 262 Å². The highest BCUT2D eigenvalue weighted by molar-refractivity contribution is 5.97. The minimum absolute atomic E-state index is 0.00508. The molecule has 0 unspecified atom stereocenters. The predicted octanol–water partition coefficient (Wildman–Crippen LogP) is 3.13. The summed E-state index contributed by atoms with van der Waals surface area (Å²) in [6, 6.07) is 31.1. The zero-order valence-electron chi connectivity index (χ0n) is 39.5. The Kier molecular flexibility index (Phi) is 19.3. The minimum atomic E-state index is -1.16. The summed E-state index contributed by atoms with van der Waals surface area (Å²) < 4.78 is 5.37. The third kappa shape index (κ3) is 15.5. The van der Waals surface area contributed by atoms with Crippen molar-refractivity contribution in [2.24, 2.45) is 11.1 Å². The standard InChI is InChI=1S/C54H60N8O9/c55-25-29-71-30-27-58-51(68)45-23-26-57-47(63)20-21-49(65)62-28-6-24-54(36-62,33-38-7-2-1-3-8-38)53(70)61-46(52(69)59-35-44-10-5-4-9-42(44)32-48(64)60-45)31-37-11-13-39(14-12-37)40-15-17-41(18-16-40)43(34-56)19-22-50(66)67/h1-5,7-21,45-46H,6,22-33,35-36,55H2,(H,57,63)(H,58,68)(H,59,69)(H,60,64)(H,61,70)(H,66,67)/b21-20+,43-19?/t45-,46-,54-/m0/s1. The number of hydrogen-bond donors (Lipinski definition) is 7. The van der Waals surface area contributed by atoms with Crippen LogP contribution in [-0.2, 0) is 64.1 Å². The van der Waals surface area contributed by atoms with E-state index in [1.807, 2.05) is 66.7 Å². The number of nitrogens with one attached hydrogen (secondary N) is 5. The summed E-state index contributed by atoms with van der Waals surface area (Å²) in [6.45, 7) is 1.37. The quantitative estimate of drug-likeness (QED) is 0.0714. The van der Waals surface area contributed by atoms with E-state index >= 15 is 0 Å². The van der Waals surface area contributed by atoms with Crippen LogP contribution in [0.15, 0.2) is 121 Å². The van der Waals surface area contributed by atoms with Gasteiger partial charge in [-0.1, -0.05) is 109 Å². The van der Waals surface area contributed by atoms with Crippen LogP contribution in [0.2, 0.25) is 0 Å². The summed E-state index contributed by atoms with van der Waals surface area (Å²) in [7, 11) is 0. The van der Waals surface area contributed by atoms with Crippen molar-refractivity contribution in [1.82, 2.24) is 31.5 Å². The van der Waals surface area contributed by atoms with E-state index in [1.165, 1.54) is 6.08 Å². The molecule has 17 nitrogen and oxygen atoms in total. The van der Waals surface area contributed by atoms with Gasteiger partial charge in [0, 0.05) is 57.8 Å². The fourth-order valence-corrected chi connectivity index (χ4v) is 8.67. The lowest BCUT2D eigenvalue weighted by Crippen LogP contribution is -2.58. The SMILES string of the molecule is N#CC(=CCC(=O)O)c1ccc(-c2ccc(C[C@@H]3NC(=O)[C@]4(Cc5ccccc5)CCCN(C4)C(=O)/C=C/C(=O)NCC[C@@H](C(=O)NCCOCCN)NC(=O)Cc4ccccc4CNC3=O)cc2)cc1. The van der Waals surface area contributed by atoms with Gasteiger partial charge in [0.05, 0.1) is 43.1 Å². The molecule has 2 aliphatic rings. The first kappa shape index (κ1) is 52.4. The molecule has 370 valence electrons. The van der Waals surface area contributed by atoms with E-state index < -0.39 is 58.9 Å². The predicted molar refractivity (Wildman–Crippen MR) is 265 cm³/mol. The number of amides is 6. The van der Waals surface area contributed by atoms with Crippen molar-refractivity contribution in [3.8, 4) is 17.2 Å². The smallest absolute Gasteiger partial charge is 0.307 e. The summed E-state index contributed by atoms with van der Waals surface area (Å²) in [5, 5.41) is 33.0. The number of benzene rings is 4. The first-order chi connectivity index (χ1) is 34.4. The average molecular weight is 965 g/mol. The van der Waals surface area contributed by atoms with Crippen molar-refractivity contribution in [3.63, 3.8) is 0 Å². The van der Waals surface area contributed by atoms with E-state index in [-0.39, 0.29) is 70.5 Å². The van der Waals surface area contributed by atoms with Crippen LogP contribution in [0.3, 0.4) is 0 Å². The summed E-state index contributed by atoms with van der Waals surface area (Å²) >= 11 is 0. The Morgan fingerprint density at radius 1 is 0.859 bits per heavy atom. The van der Waals surface area contributed by atoms with E-state index in [0.29, 0.717) is 49.2 Å². The van der Waals surface area contributed by atoms with Crippen LogP contribution in [0.5, 0.6) is 0 Å². The Bertz CT molecular complexity index is 2630. The van der Waals surface area contributed by atoms with Crippen LogP contribution in [0.25, 0.3) is 16.7 Å². The number of carbonyl (C=O) groups is 7. The highest BCUT2D eigenvalue weighted by Gasteiger charge is 2.44. The number of nitriles is 1. The third-order valence-corrected chi connectivity index (χ3v) is 12.4. The number of carbonyl (C=O) groups excluding carboxylic acids is 6. The Balaban J connectivity index is 1.30. The van der Waals surface area contributed by atoms with Crippen LogP contribution >= 0.6 is 0 Å². The molecule has 2 heterocycles. The second-order valence-corrected chi connectivity index (χ2v) is 17.5. The number of hydrogen-bond acceptors (Lipinski definition) is 10. The second kappa shape index (κ2) is 26.2. The monoisotopic (exact) mass is 964 g/mol. The molecule has 8 N–H and O–H groups in total. The second-order valence-electron chi connectivity index (χ2n) is 17.5. The molecule has 17 heteroatoms. The first-order valence-electron chi connectivity index (χ1n) is 23.7. The number of ether oxygens (including phenoxy) is 1. The molecule has 6 rings (SSSR count). The number of carboxylic acids is 1. The van der Waals surface area contributed by atoms with E-state index in [1.54, 1.807) is 41.3 Å². The van der Waals surface area contributed by atoms with E-state index in [9.17, 15) is 38.8 Å².